The van der Waals surface area contributed by atoms with Crippen molar-refractivity contribution in [3.05, 3.63) is 35.9 Å². The van der Waals surface area contributed by atoms with Crippen LogP contribution in [-0.2, 0) is 5.88 Å². The molecule has 15 heavy (non-hydrogen) atoms. The van der Waals surface area contributed by atoms with Crippen LogP contribution < -0.4 is 5.32 Å². The quantitative estimate of drug-likeness (QED) is 0.523. The molecule has 86 valence electrons. The molecule has 4 heteroatoms. The number of aliphatic hydroxyl groups excluding tert-OH is 2. The van der Waals surface area contributed by atoms with Crippen LogP contribution >= 0.6 is 11.6 Å². The van der Waals surface area contributed by atoms with Gasteiger partial charge in [0.2, 0.25) is 0 Å². The van der Waals surface area contributed by atoms with Crippen LogP contribution in [0, 0.1) is 0 Å². The molecule has 0 amide bonds. The second-order valence-electron chi connectivity index (χ2n) is 2.82. The Morgan fingerprint density at radius 2 is 1.53 bits per heavy atom. The monoisotopic (exact) mass is 231 g/mol. The minimum absolute atomic E-state index is 0.139. The van der Waals surface area contributed by atoms with Gasteiger partial charge in [-0.1, -0.05) is 30.3 Å². The molecule has 0 saturated heterocycles. The number of alkyl halides is 1. The van der Waals surface area contributed by atoms with Gasteiger partial charge in [-0.2, -0.15) is 0 Å². The first-order valence-corrected chi connectivity index (χ1v) is 5.41. The molecule has 0 saturated carbocycles. The Bertz CT molecular complexity index is 215. The first-order valence-electron chi connectivity index (χ1n) is 4.87. The topological polar surface area (TPSA) is 52.5 Å². The maximum atomic E-state index is 8.15. The Labute approximate surface area is 95.7 Å². The summed E-state index contributed by atoms with van der Waals surface area (Å²) < 4.78 is 0. The molecule has 0 aliphatic heterocycles. The summed E-state index contributed by atoms with van der Waals surface area (Å²) >= 11 is 5.53. The zero-order valence-electron chi connectivity index (χ0n) is 8.69. The van der Waals surface area contributed by atoms with Crippen LogP contribution in [0.2, 0.25) is 0 Å². The standard InChI is InChI=1S/C7H7Cl.C4H11NO2/c8-6-7-4-2-1-3-5-7;6-3-1-5-2-4-7/h1-5H,6H2;5-7H,1-4H2. The molecular formula is C11H18ClNO2. The van der Waals surface area contributed by atoms with E-state index in [0.717, 1.165) is 0 Å². The number of hydrogen-bond acceptors (Lipinski definition) is 3. The molecule has 0 aromatic heterocycles. The summed E-state index contributed by atoms with van der Waals surface area (Å²) in [5.74, 6) is 0.612. The molecule has 0 radical (unpaired) electrons. The molecular weight excluding hydrogens is 214 g/mol. The summed E-state index contributed by atoms with van der Waals surface area (Å²) in [5.41, 5.74) is 1.18. The molecule has 0 unspecified atom stereocenters. The van der Waals surface area contributed by atoms with Crippen LogP contribution in [0.15, 0.2) is 30.3 Å². The molecule has 1 aromatic rings. The van der Waals surface area contributed by atoms with Crippen molar-refractivity contribution in [1.82, 2.24) is 5.32 Å². The fourth-order valence-electron chi connectivity index (χ4n) is 0.850. The van der Waals surface area contributed by atoms with Crippen molar-refractivity contribution in [3.8, 4) is 0 Å². The van der Waals surface area contributed by atoms with E-state index >= 15 is 0 Å². The second kappa shape index (κ2) is 11.5. The van der Waals surface area contributed by atoms with E-state index in [0.29, 0.717) is 19.0 Å². The van der Waals surface area contributed by atoms with Crippen molar-refractivity contribution in [1.29, 1.82) is 0 Å². The number of benzene rings is 1. The highest BCUT2D eigenvalue weighted by Crippen LogP contribution is 2.00. The lowest BCUT2D eigenvalue weighted by atomic mass is 10.2. The maximum absolute atomic E-state index is 8.15. The van der Waals surface area contributed by atoms with E-state index in [-0.39, 0.29) is 13.2 Å². The van der Waals surface area contributed by atoms with Crippen molar-refractivity contribution < 1.29 is 10.2 Å². The SMILES string of the molecule is ClCc1ccccc1.OCCNCCO. The first-order chi connectivity index (χ1) is 7.35. The van der Waals surface area contributed by atoms with Crippen molar-refractivity contribution in [2.24, 2.45) is 0 Å². The molecule has 0 aliphatic rings. The van der Waals surface area contributed by atoms with Crippen LogP contribution in [0.4, 0.5) is 0 Å². The van der Waals surface area contributed by atoms with E-state index in [4.69, 9.17) is 21.8 Å². The molecule has 1 rings (SSSR count). The lowest BCUT2D eigenvalue weighted by molar-refractivity contribution is 0.267. The Kier molecular flexibility index (Phi) is 11.0. The van der Waals surface area contributed by atoms with Crippen molar-refractivity contribution in [2.75, 3.05) is 26.3 Å². The van der Waals surface area contributed by atoms with Crippen molar-refractivity contribution in [3.63, 3.8) is 0 Å². The fraction of sp³-hybridized carbons (Fsp3) is 0.455. The highest BCUT2D eigenvalue weighted by atomic mass is 35.5. The summed E-state index contributed by atoms with van der Waals surface area (Å²) in [6.07, 6.45) is 0. The third-order valence-corrected chi connectivity index (χ3v) is 1.88. The predicted octanol–water partition coefficient (Wildman–Crippen LogP) is 0.986. The average Bonchev–Trinajstić information content (AvgIpc) is 2.32. The third kappa shape index (κ3) is 9.69. The van der Waals surface area contributed by atoms with Crippen LogP contribution in [0.25, 0.3) is 0 Å². The molecule has 0 heterocycles. The Morgan fingerprint density at radius 3 is 1.87 bits per heavy atom. The minimum Gasteiger partial charge on any atom is -0.395 e. The van der Waals surface area contributed by atoms with E-state index in [1.807, 2.05) is 30.3 Å². The Morgan fingerprint density at radius 1 is 1.00 bits per heavy atom. The number of rotatable bonds is 5. The molecule has 0 atom stereocenters. The van der Waals surface area contributed by atoms with E-state index in [2.05, 4.69) is 5.32 Å². The van der Waals surface area contributed by atoms with Gasteiger partial charge in [0.1, 0.15) is 0 Å². The zero-order chi connectivity index (χ0) is 11.4. The summed E-state index contributed by atoms with van der Waals surface area (Å²) in [4.78, 5) is 0. The minimum atomic E-state index is 0.139. The summed E-state index contributed by atoms with van der Waals surface area (Å²) in [6.45, 7) is 1.42. The highest BCUT2D eigenvalue weighted by molar-refractivity contribution is 6.17. The van der Waals surface area contributed by atoms with Crippen LogP contribution in [0.5, 0.6) is 0 Å². The summed E-state index contributed by atoms with van der Waals surface area (Å²) in [5, 5.41) is 19.1. The van der Waals surface area contributed by atoms with Gasteiger partial charge >= 0.3 is 0 Å². The lowest BCUT2D eigenvalue weighted by Crippen LogP contribution is -2.21. The van der Waals surface area contributed by atoms with Gasteiger partial charge in [0, 0.05) is 19.0 Å². The molecule has 0 bridgehead atoms. The highest BCUT2D eigenvalue weighted by Gasteiger charge is 1.81. The van der Waals surface area contributed by atoms with Crippen molar-refractivity contribution in [2.45, 2.75) is 5.88 Å². The smallest absolute Gasteiger partial charge is 0.0555 e. The van der Waals surface area contributed by atoms with E-state index < -0.39 is 0 Å². The maximum Gasteiger partial charge on any atom is 0.0555 e. The zero-order valence-corrected chi connectivity index (χ0v) is 9.45. The van der Waals surface area contributed by atoms with Crippen LogP contribution in [-0.4, -0.2) is 36.5 Å². The van der Waals surface area contributed by atoms with Crippen LogP contribution in [0.3, 0.4) is 0 Å². The summed E-state index contributed by atoms with van der Waals surface area (Å²) in [6, 6.07) is 9.96. The predicted molar refractivity (Wildman–Crippen MR) is 63.0 cm³/mol. The van der Waals surface area contributed by atoms with Gasteiger partial charge in [0.15, 0.2) is 0 Å². The molecule has 0 fully saturated rings. The van der Waals surface area contributed by atoms with Gasteiger partial charge in [-0.05, 0) is 5.56 Å². The first kappa shape index (κ1) is 14.4. The van der Waals surface area contributed by atoms with Gasteiger partial charge in [-0.15, -0.1) is 11.6 Å². The third-order valence-electron chi connectivity index (χ3n) is 1.57. The van der Waals surface area contributed by atoms with Gasteiger partial charge in [0.05, 0.1) is 13.2 Å². The number of aliphatic hydroxyl groups is 2. The second-order valence-corrected chi connectivity index (χ2v) is 3.08. The molecule has 1 aromatic carbocycles. The Balaban J connectivity index is 0.000000265. The van der Waals surface area contributed by atoms with Crippen molar-refractivity contribution >= 4 is 11.6 Å². The Hall–Kier alpha value is -0.610. The van der Waals surface area contributed by atoms with Gasteiger partial charge < -0.3 is 15.5 Å². The van der Waals surface area contributed by atoms with E-state index in [1.54, 1.807) is 0 Å². The van der Waals surface area contributed by atoms with Gasteiger partial charge in [-0.3, -0.25) is 0 Å². The molecule has 3 N–H and O–H groups in total. The van der Waals surface area contributed by atoms with Gasteiger partial charge in [0.25, 0.3) is 0 Å². The molecule has 0 spiro atoms. The average molecular weight is 232 g/mol. The van der Waals surface area contributed by atoms with Gasteiger partial charge in [-0.25, -0.2) is 0 Å². The van der Waals surface area contributed by atoms with E-state index in [9.17, 15) is 0 Å². The van der Waals surface area contributed by atoms with Crippen LogP contribution in [0.1, 0.15) is 5.56 Å². The number of hydrogen-bond donors (Lipinski definition) is 3. The number of nitrogens with one attached hydrogen (secondary N) is 1. The lowest BCUT2D eigenvalue weighted by Gasteiger charge is -1.94. The largest absolute Gasteiger partial charge is 0.395 e. The molecule has 3 nitrogen and oxygen atoms in total. The molecule has 0 aliphatic carbocycles. The fourth-order valence-corrected chi connectivity index (χ4v) is 1.03. The normalized spacial score (nSPS) is 9.27. The number of halogens is 1. The summed E-state index contributed by atoms with van der Waals surface area (Å²) in [7, 11) is 0. The van der Waals surface area contributed by atoms with E-state index in [1.165, 1.54) is 5.56 Å².